The molecular weight excluding hydrogens is 260 g/mol. The number of nitrogens with zero attached hydrogens (tertiary/aromatic N) is 1. The predicted molar refractivity (Wildman–Crippen MR) is 86.1 cm³/mol. The molecule has 1 saturated carbocycles. The highest BCUT2D eigenvalue weighted by Crippen LogP contribution is 2.35. The molecule has 1 heterocycles. The smallest absolute Gasteiger partial charge is 0.175 e. The highest BCUT2D eigenvalue weighted by molar-refractivity contribution is 5.75. The summed E-state index contributed by atoms with van der Waals surface area (Å²) in [5.74, 6) is 2.74. The fraction of sp³-hybridized carbons (Fsp3) is 0.500. The Kier molecular flexibility index (Phi) is 4.00. The lowest BCUT2D eigenvalue weighted by molar-refractivity contribution is 0.362. The first-order valence-electron chi connectivity index (χ1n) is 7.99. The van der Waals surface area contributed by atoms with Crippen molar-refractivity contribution in [3.8, 4) is 11.1 Å². The zero-order chi connectivity index (χ0) is 14.8. The lowest BCUT2D eigenvalue weighted by atomic mass is 9.95. The molecule has 0 spiro atoms. The molecule has 1 aromatic heterocycles. The highest BCUT2D eigenvalue weighted by atomic mass is 16.5. The second-order valence-electron chi connectivity index (χ2n) is 6.50. The van der Waals surface area contributed by atoms with Crippen LogP contribution in [0.2, 0.25) is 0 Å². The molecule has 1 aromatic carbocycles. The average molecular weight is 284 g/mol. The van der Waals surface area contributed by atoms with Gasteiger partial charge >= 0.3 is 0 Å². The molecule has 1 aliphatic rings. The van der Waals surface area contributed by atoms with Crippen molar-refractivity contribution in [2.24, 2.45) is 5.92 Å². The van der Waals surface area contributed by atoms with E-state index in [1.807, 2.05) is 0 Å². The topological polar surface area (TPSA) is 52.0 Å². The molecular formula is C18H24N2O. The van der Waals surface area contributed by atoms with Gasteiger partial charge in [-0.15, -0.1) is 0 Å². The number of nitrogens with two attached hydrogens (primary N) is 1. The van der Waals surface area contributed by atoms with E-state index >= 15 is 0 Å². The summed E-state index contributed by atoms with van der Waals surface area (Å²) in [6.45, 7) is 4.41. The summed E-state index contributed by atoms with van der Waals surface area (Å²) in [6.07, 6.45) is 6.24. The fourth-order valence-electron chi connectivity index (χ4n) is 3.30. The van der Waals surface area contributed by atoms with Crippen molar-refractivity contribution < 1.29 is 4.52 Å². The van der Waals surface area contributed by atoms with Gasteiger partial charge < -0.3 is 10.3 Å². The normalized spacial score (nSPS) is 16.0. The monoisotopic (exact) mass is 284 g/mol. The molecule has 0 bridgehead atoms. The first kappa shape index (κ1) is 14.2. The summed E-state index contributed by atoms with van der Waals surface area (Å²) in [6, 6.07) is 8.62. The summed E-state index contributed by atoms with van der Waals surface area (Å²) >= 11 is 0. The van der Waals surface area contributed by atoms with Gasteiger partial charge in [-0.05, 0) is 23.0 Å². The molecule has 0 amide bonds. The number of hydrogen-bond acceptors (Lipinski definition) is 3. The van der Waals surface area contributed by atoms with Crippen LogP contribution in [-0.4, -0.2) is 5.16 Å². The molecule has 0 saturated heterocycles. The number of aromatic nitrogens is 1. The van der Waals surface area contributed by atoms with E-state index in [9.17, 15) is 0 Å². The summed E-state index contributed by atoms with van der Waals surface area (Å²) in [5.41, 5.74) is 9.49. The number of rotatable bonds is 4. The van der Waals surface area contributed by atoms with Crippen molar-refractivity contribution >= 4 is 5.82 Å². The average Bonchev–Trinajstić information content (AvgIpc) is 3.10. The first-order valence-corrected chi connectivity index (χ1v) is 7.99. The lowest BCUT2D eigenvalue weighted by Crippen LogP contribution is -1.99. The number of benzene rings is 1. The van der Waals surface area contributed by atoms with Gasteiger partial charge in [-0.2, -0.15) is 0 Å². The Morgan fingerprint density at radius 2 is 1.86 bits per heavy atom. The van der Waals surface area contributed by atoms with Crippen LogP contribution in [0.15, 0.2) is 28.8 Å². The van der Waals surface area contributed by atoms with Crippen molar-refractivity contribution in [1.29, 1.82) is 0 Å². The maximum Gasteiger partial charge on any atom is 0.175 e. The maximum absolute atomic E-state index is 6.04. The molecule has 21 heavy (non-hydrogen) atoms. The van der Waals surface area contributed by atoms with Crippen LogP contribution in [0.25, 0.3) is 11.1 Å². The van der Waals surface area contributed by atoms with E-state index in [2.05, 4.69) is 43.3 Å². The van der Waals surface area contributed by atoms with Gasteiger partial charge in [-0.3, -0.25) is 0 Å². The first-order chi connectivity index (χ1) is 10.1. The van der Waals surface area contributed by atoms with Crippen molar-refractivity contribution in [3.63, 3.8) is 0 Å². The van der Waals surface area contributed by atoms with Crippen molar-refractivity contribution in [2.45, 2.75) is 51.9 Å². The summed E-state index contributed by atoms with van der Waals surface area (Å²) in [4.78, 5) is 0. The fourth-order valence-corrected chi connectivity index (χ4v) is 3.30. The van der Waals surface area contributed by atoms with Crippen molar-refractivity contribution in [1.82, 2.24) is 5.16 Å². The van der Waals surface area contributed by atoms with Gasteiger partial charge in [0.1, 0.15) is 5.76 Å². The second kappa shape index (κ2) is 5.92. The van der Waals surface area contributed by atoms with Gasteiger partial charge in [0.05, 0.1) is 5.56 Å². The Bertz CT molecular complexity index is 592. The van der Waals surface area contributed by atoms with Gasteiger partial charge in [-0.25, -0.2) is 0 Å². The molecule has 0 radical (unpaired) electrons. The van der Waals surface area contributed by atoms with Crippen LogP contribution in [0.5, 0.6) is 0 Å². The van der Waals surface area contributed by atoms with Gasteiger partial charge in [0.25, 0.3) is 0 Å². The van der Waals surface area contributed by atoms with Crippen LogP contribution >= 0.6 is 0 Å². The Hall–Kier alpha value is -1.77. The third-order valence-electron chi connectivity index (χ3n) is 4.60. The molecule has 112 valence electrons. The summed E-state index contributed by atoms with van der Waals surface area (Å²) in [7, 11) is 0. The van der Waals surface area contributed by atoms with Crippen LogP contribution in [0.4, 0.5) is 5.82 Å². The van der Waals surface area contributed by atoms with Crippen molar-refractivity contribution in [3.05, 3.63) is 35.6 Å². The minimum absolute atomic E-state index is 0.514. The quantitative estimate of drug-likeness (QED) is 0.879. The lowest BCUT2D eigenvalue weighted by Gasteiger charge is -2.09. The maximum atomic E-state index is 6.04. The molecule has 3 rings (SSSR count). The van der Waals surface area contributed by atoms with E-state index in [0.717, 1.165) is 29.2 Å². The Labute approximate surface area is 126 Å². The SMILES string of the molecule is CC(C)c1ccc(-c2c(N)noc2CC2CCCC2)cc1. The standard InChI is InChI=1S/C18H24N2O/c1-12(2)14-7-9-15(10-8-14)17-16(21-20-18(17)19)11-13-5-3-4-6-13/h7-10,12-13H,3-6,11H2,1-2H3,(H2,19,20). The van der Waals surface area contributed by atoms with Crippen molar-refractivity contribution in [2.75, 3.05) is 5.73 Å². The number of nitrogen functional groups attached to an aromatic ring is 1. The molecule has 1 aliphatic carbocycles. The zero-order valence-corrected chi connectivity index (χ0v) is 12.9. The molecule has 2 N–H and O–H groups in total. The largest absolute Gasteiger partial charge is 0.380 e. The minimum Gasteiger partial charge on any atom is -0.380 e. The number of hydrogen-bond donors (Lipinski definition) is 1. The van der Waals surface area contributed by atoms with E-state index in [1.165, 1.54) is 31.2 Å². The summed E-state index contributed by atoms with van der Waals surface area (Å²) < 4.78 is 5.51. The van der Waals surface area contributed by atoms with Crippen LogP contribution in [-0.2, 0) is 6.42 Å². The minimum atomic E-state index is 0.514. The third-order valence-corrected chi connectivity index (χ3v) is 4.60. The van der Waals surface area contributed by atoms with E-state index in [4.69, 9.17) is 10.3 Å². The van der Waals surface area contributed by atoms with Gasteiger partial charge in [0, 0.05) is 6.42 Å². The third kappa shape index (κ3) is 2.97. The van der Waals surface area contributed by atoms with Gasteiger partial charge in [-0.1, -0.05) is 69.0 Å². The Balaban J connectivity index is 1.88. The van der Waals surface area contributed by atoms with Crippen LogP contribution < -0.4 is 5.73 Å². The van der Waals surface area contributed by atoms with Crippen LogP contribution in [0.1, 0.15) is 56.8 Å². The Morgan fingerprint density at radius 1 is 1.19 bits per heavy atom. The predicted octanol–water partition coefficient (Wildman–Crippen LogP) is 4.78. The Morgan fingerprint density at radius 3 is 2.48 bits per heavy atom. The van der Waals surface area contributed by atoms with E-state index in [0.29, 0.717) is 11.7 Å². The van der Waals surface area contributed by atoms with Gasteiger partial charge in [0.2, 0.25) is 0 Å². The second-order valence-corrected chi connectivity index (χ2v) is 6.50. The molecule has 3 heteroatoms. The van der Waals surface area contributed by atoms with Crippen LogP contribution in [0.3, 0.4) is 0 Å². The van der Waals surface area contributed by atoms with Crippen LogP contribution in [0, 0.1) is 5.92 Å². The molecule has 0 atom stereocenters. The molecule has 2 aromatic rings. The number of anilines is 1. The molecule has 1 fully saturated rings. The van der Waals surface area contributed by atoms with E-state index in [-0.39, 0.29) is 0 Å². The molecule has 0 unspecified atom stereocenters. The van der Waals surface area contributed by atoms with Gasteiger partial charge in [0.15, 0.2) is 5.82 Å². The zero-order valence-electron chi connectivity index (χ0n) is 12.9. The van der Waals surface area contributed by atoms with E-state index < -0.39 is 0 Å². The van der Waals surface area contributed by atoms with E-state index in [1.54, 1.807) is 0 Å². The molecule has 3 nitrogen and oxygen atoms in total. The molecule has 0 aliphatic heterocycles. The summed E-state index contributed by atoms with van der Waals surface area (Å²) in [5, 5.41) is 4.00. The highest BCUT2D eigenvalue weighted by Gasteiger charge is 2.22.